The third-order valence-electron chi connectivity index (χ3n) is 2.92. The van der Waals surface area contributed by atoms with Crippen LogP contribution in [0.5, 0.6) is 0 Å². The summed E-state index contributed by atoms with van der Waals surface area (Å²) in [6.07, 6.45) is 1.22. The smallest absolute Gasteiger partial charge is 0.354 e. The van der Waals surface area contributed by atoms with E-state index >= 15 is 0 Å². The number of nitrogens with zero attached hydrogens (tertiary/aromatic N) is 2. The first kappa shape index (κ1) is 11.1. The molecule has 1 atom stereocenters. The van der Waals surface area contributed by atoms with Crippen LogP contribution in [0.25, 0.3) is 0 Å². The molecule has 1 aromatic rings. The van der Waals surface area contributed by atoms with Crippen LogP contribution in [0.4, 0.5) is 0 Å². The van der Waals surface area contributed by atoms with Gasteiger partial charge in [-0.05, 0) is 31.0 Å². The molecule has 1 saturated heterocycles. The van der Waals surface area contributed by atoms with Crippen molar-refractivity contribution in [2.45, 2.75) is 19.9 Å². The topological polar surface area (TPSA) is 53.4 Å². The number of aromatic nitrogens is 1. The lowest BCUT2D eigenvalue weighted by molar-refractivity contribution is 0.0690. The summed E-state index contributed by atoms with van der Waals surface area (Å²) in [6.45, 7) is 5.16. The van der Waals surface area contributed by atoms with E-state index in [1.54, 1.807) is 6.07 Å². The maximum absolute atomic E-state index is 10.8. The minimum atomic E-state index is -0.961. The van der Waals surface area contributed by atoms with Crippen molar-refractivity contribution in [3.05, 3.63) is 29.6 Å². The molecule has 0 saturated carbocycles. The van der Waals surface area contributed by atoms with Gasteiger partial charge in [-0.2, -0.15) is 0 Å². The fourth-order valence-electron chi connectivity index (χ4n) is 2.09. The number of carboxylic acid groups (broad SMARTS) is 1. The fourth-order valence-corrected chi connectivity index (χ4v) is 2.09. The van der Waals surface area contributed by atoms with Crippen LogP contribution in [-0.2, 0) is 6.54 Å². The largest absolute Gasteiger partial charge is 0.477 e. The van der Waals surface area contributed by atoms with Crippen molar-refractivity contribution < 1.29 is 9.90 Å². The van der Waals surface area contributed by atoms with Gasteiger partial charge in [0, 0.05) is 13.1 Å². The van der Waals surface area contributed by atoms with E-state index in [-0.39, 0.29) is 5.69 Å². The molecule has 0 bridgehead atoms. The Labute approximate surface area is 94.9 Å². The zero-order valence-electron chi connectivity index (χ0n) is 9.39. The Morgan fingerprint density at radius 3 is 3.06 bits per heavy atom. The molecule has 0 radical (unpaired) electrons. The Kier molecular flexibility index (Phi) is 3.19. The summed E-state index contributed by atoms with van der Waals surface area (Å²) < 4.78 is 0. The van der Waals surface area contributed by atoms with Crippen LogP contribution >= 0.6 is 0 Å². The molecule has 1 aliphatic heterocycles. The molecule has 2 rings (SSSR count). The molecule has 0 spiro atoms. The summed E-state index contributed by atoms with van der Waals surface area (Å²) in [4.78, 5) is 17.2. The van der Waals surface area contributed by atoms with Crippen molar-refractivity contribution in [3.63, 3.8) is 0 Å². The highest BCUT2D eigenvalue weighted by molar-refractivity contribution is 5.85. The fraction of sp³-hybridized carbons (Fsp3) is 0.500. The van der Waals surface area contributed by atoms with Gasteiger partial charge in [0.1, 0.15) is 5.69 Å². The van der Waals surface area contributed by atoms with E-state index in [1.165, 1.54) is 12.5 Å². The second kappa shape index (κ2) is 4.61. The molecule has 1 unspecified atom stereocenters. The Balaban J connectivity index is 2.04. The highest BCUT2D eigenvalue weighted by atomic mass is 16.4. The van der Waals surface area contributed by atoms with Gasteiger partial charge in [-0.3, -0.25) is 4.90 Å². The summed E-state index contributed by atoms with van der Waals surface area (Å²) in [5, 5.41) is 8.84. The van der Waals surface area contributed by atoms with Crippen LogP contribution in [0, 0.1) is 5.92 Å². The highest BCUT2D eigenvalue weighted by Gasteiger charge is 2.19. The van der Waals surface area contributed by atoms with Gasteiger partial charge < -0.3 is 5.11 Å². The number of aromatic carboxylic acids is 1. The van der Waals surface area contributed by atoms with Crippen molar-refractivity contribution in [1.82, 2.24) is 9.88 Å². The average Bonchev–Trinajstić information content (AvgIpc) is 2.64. The van der Waals surface area contributed by atoms with E-state index < -0.39 is 5.97 Å². The predicted octanol–water partition coefficient (Wildman–Crippen LogP) is 1.62. The van der Waals surface area contributed by atoms with Gasteiger partial charge in [-0.15, -0.1) is 0 Å². The Bertz CT molecular complexity index is 392. The number of pyridine rings is 1. The van der Waals surface area contributed by atoms with Crippen LogP contribution in [0.2, 0.25) is 0 Å². The Hall–Kier alpha value is -1.42. The molecule has 1 fully saturated rings. The maximum atomic E-state index is 10.8. The summed E-state index contributed by atoms with van der Waals surface area (Å²) >= 11 is 0. The number of hydrogen-bond acceptors (Lipinski definition) is 3. The van der Waals surface area contributed by atoms with Gasteiger partial charge in [0.15, 0.2) is 0 Å². The summed E-state index contributed by atoms with van der Waals surface area (Å²) in [6, 6.07) is 5.17. The molecular weight excluding hydrogens is 204 g/mol. The third kappa shape index (κ3) is 2.58. The summed E-state index contributed by atoms with van der Waals surface area (Å²) in [5.74, 6) is -0.223. The molecule has 4 heteroatoms. The standard InChI is InChI=1S/C12H16N2O2/c1-9-5-6-14(7-9)8-10-3-2-4-11(13-10)12(15)16/h2-4,9H,5-8H2,1H3,(H,15,16). The lowest BCUT2D eigenvalue weighted by Crippen LogP contribution is -2.20. The SMILES string of the molecule is CC1CCN(Cc2cccc(C(=O)O)n2)C1. The van der Waals surface area contributed by atoms with Crippen molar-refractivity contribution in [2.24, 2.45) is 5.92 Å². The highest BCUT2D eigenvalue weighted by Crippen LogP contribution is 2.17. The molecule has 4 nitrogen and oxygen atoms in total. The third-order valence-corrected chi connectivity index (χ3v) is 2.92. The first-order valence-electron chi connectivity index (χ1n) is 5.57. The van der Waals surface area contributed by atoms with E-state index in [1.807, 2.05) is 6.07 Å². The second-order valence-electron chi connectivity index (χ2n) is 4.45. The lowest BCUT2D eigenvalue weighted by Gasteiger charge is -2.14. The molecule has 1 aromatic heterocycles. The molecule has 0 aliphatic carbocycles. The quantitative estimate of drug-likeness (QED) is 0.841. The molecule has 0 aromatic carbocycles. The molecule has 1 aliphatic rings. The first-order valence-corrected chi connectivity index (χ1v) is 5.57. The van der Waals surface area contributed by atoms with Gasteiger partial charge in [-0.1, -0.05) is 13.0 Å². The summed E-state index contributed by atoms with van der Waals surface area (Å²) in [7, 11) is 0. The van der Waals surface area contributed by atoms with Gasteiger partial charge in [0.2, 0.25) is 0 Å². The maximum Gasteiger partial charge on any atom is 0.354 e. The van der Waals surface area contributed by atoms with E-state index in [2.05, 4.69) is 16.8 Å². The number of carboxylic acids is 1. The van der Waals surface area contributed by atoms with Crippen molar-refractivity contribution in [2.75, 3.05) is 13.1 Å². The predicted molar refractivity (Wildman–Crippen MR) is 60.3 cm³/mol. The number of hydrogen-bond donors (Lipinski definition) is 1. The zero-order chi connectivity index (χ0) is 11.5. The van der Waals surface area contributed by atoms with E-state index in [0.717, 1.165) is 31.2 Å². The molecule has 86 valence electrons. The van der Waals surface area contributed by atoms with Crippen molar-refractivity contribution in [3.8, 4) is 0 Å². The molecule has 16 heavy (non-hydrogen) atoms. The number of likely N-dealkylation sites (tertiary alicyclic amines) is 1. The average molecular weight is 220 g/mol. The van der Waals surface area contributed by atoms with E-state index in [9.17, 15) is 4.79 Å². The monoisotopic (exact) mass is 220 g/mol. The first-order chi connectivity index (χ1) is 7.65. The Morgan fingerprint density at radius 2 is 2.44 bits per heavy atom. The van der Waals surface area contributed by atoms with Gasteiger partial charge in [0.25, 0.3) is 0 Å². The van der Waals surface area contributed by atoms with Gasteiger partial charge in [-0.25, -0.2) is 9.78 Å². The minimum absolute atomic E-state index is 0.129. The van der Waals surface area contributed by atoms with Crippen LogP contribution in [0.15, 0.2) is 18.2 Å². The summed E-state index contributed by atoms with van der Waals surface area (Å²) in [5.41, 5.74) is 0.971. The van der Waals surface area contributed by atoms with Crippen LogP contribution < -0.4 is 0 Å². The van der Waals surface area contributed by atoms with Crippen LogP contribution in [0.3, 0.4) is 0 Å². The van der Waals surface area contributed by atoms with Gasteiger partial charge in [0.05, 0.1) is 5.69 Å². The second-order valence-corrected chi connectivity index (χ2v) is 4.45. The number of carbonyl (C=O) groups is 1. The molecular formula is C12H16N2O2. The van der Waals surface area contributed by atoms with E-state index in [4.69, 9.17) is 5.11 Å². The van der Waals surface area contributed by atoms with Gasteiger partial charge >= 0.3 is 5.97 Å². The van der Waals surface area contributed by atoms with E-state index in [0.29, 0.717) is 0 Å². The van der Waals surface area contributed by atoms with Crippen molar-refractivity contribution in [1.29, 1.82) is 0 Å². The Morgan fingerprint density at radius 1 is 1.62 bits per heavy atom. The minimum Gasteiger partial charge on any atom is -0.477 e. The van der Waals surface area contributed by atoms with Crippen molar-refractivity contribution >= 4 is 5.97 Å². The molecule has 2 heterocycles. The molecule has 1 N–H and O–H groups in total. The zero-order valence-corrected chi connectivity index (χ0v) is 9.39. The molecule has 0 amide bonds. The lowest BCUT2D eigenvalue weighted by atomic mass is 10.2. The number of rotatable bonds is 3. The normalized spacial score (nSPS) is 21.2. The van der Waals surface area contributed by atoms with Crippen LogP contribution in [-0.4, -0.2) is 34.0 Å². The van der Waals surface area contributed by atoms with Crippen LogP contribution in [0.1, 0.15) is 29.5 Å².